The van der Waals surface area contributed by atoms with Crippen LogP contribution in [0.15, 0.2) is 47.4 Å². The van der Waals surface area contributed by atoms with Crippen molar-refractivity contribution in [1.82, 2.24) is 4.90 Å². The lowest BCUT2D eigenvalue weighted by Crippen LogP contribution is -2.33. The van der Waals surface area contributed by atoms with Crippen LogP contribution in [-0.2, 0) is 10.0 Å². The second-order valence-electron chi connectivity index (χ2n) is 6.06. The van der Waals surface area contributed by atoms with Gasteiger partial charge < -0.3 is 10.0 Å². The minimum absolute atomic E-state index is 0.104. The number of nitrogens with one attached hydrogen (secondary N) is 1. The second kappa shape index (κ2) is 8.33. The van der Waals surface area contributed by atoms with Gasteiger partial charge in [-0.25, -0.2) is 8.42 Å². The molecule has 0 heterocycles. The van der Waals surface area contributed by atoms with Crippen LogP contribution in [0.25, 0.3) is 0 Å². The molecule has 0 saturated heterocycles. The third-order valence-corrected chi connectivity index (χ3v) is 5.58. The molecule has 1 amide bonds. The van der Waals surface area contributed by atoms with Crippen molar-refractivity contribution in [2.24, 2.45) is 0 Å². The van der Waals surface area contributed by atoms with Crippen LogP contribution in [0, 0.1) is 13.8 Å². The number of rotatable bonds is 7. The number of hydrogen-bond acceptors (Lipinski definition) is 4. The quantitative estimate of drug-likeness (QED) is 0.777. The molecule has 2 aromatic carbocycles. The van der Waals surface area contributed by atoms with Gasteiger partial charge >= 0.3 is 0 Å². The van der Waals surface area contributed by atoms with Crippen LogP contribution in [0.2, 0.25) is 0 Å². The highest BCUT2D eigenvalue weighted by Gasteiger charge is 2.18. The maximum Gasteiger partial charge on any atom is 0.262 e. The Labute approximate surface area is 154 Å². The Bertz CT molecular complexity index is 877. The van der Waals surface area contributed by atoms with Gasteiger partial charge in [0.1, 0.15) is 0 Å². The molecule has 0 saturated carbocycles. The van der Waals surface area contributed by atoms with Crippen molar-refractivity contribution in [3.8, 4) is 0 Å². The summed E-state index contributed by atoms with van der Waals surface area (Å²) in [5, 5.41) is 9.01. The zero-order chi connectivity index (χ0) is 19.3. The van der Waals surface area contributed by atoms with E-state index in [1.165, 1.54) is 4.90 Å². The van der Waals surface area contributed by atoms with Crippen LogP contribution in [0.1, 0.15) is 28.4 Å². The van der Waals surface area contributed by atoms with Crippen molar-refractivity contribution in [3.63, 3.8) is 0 Å². The number of anilines is 1. The van der Waals surface area contributed by atoms with Crippen molar-refractivity contribution in [3.05, 3.63) is 59.2 Å². The summed E-state index contributed by atoms with van der Waals surface area (Å²) in [6.45, 7) is 6.06. The highest BCUT2D eigenvalue weighted by Crippen LogP contribution is 2.21. The molecule has 0 bridgehead atoms. The van der Waals surface area contributed by atoms with Gasteiger partial charge in [-0.3, -0.25) is 9.52 Å². The fourth-order valence-corrected chi connectivity index (χ4v) is 3.98. The van der Waals surface area contributed by atoms with Crippen LogP contribution in [0.3, 0.4) is 0 Å². The van der Waals surface area contributed by atoms with Gasteiger partial charge in [0.25, 0.3) is 15.9 Å². The number of carbonyl (C=O) groups is 1. The molecule has 140 valence electrons. The molecule has 0 unspecified atom stereocenters. The maximum atomic E-state index is 12.6. The summed E-state index contributed by atoms with van der Waals surface area (Å²) < 4.78 is 27.8. The molecule has 7 heteroatoms. The molecule has 0 atom stereocenters. The number of nitrogens with zero attached hydrogens (tertiary/aromatic N) is 1. The van der Waals surface area contributed by atoms with Crippen LogP contribution in [-0.4, -0.2) is 44.0 Å². The molecule has 0 fully saturated rings. The lowest BCUT2D eigenvalue weighted by atomic mass is 10.2. The Morgan fingerprint density at radius 2 is 1.77 bits per heavy atom. The largest absolute Gasteiger partial charge is 0.395 e. The normalized spacial score (nSPS) is 11.2. The average Bonchev–Trinajstić information content (AvgIpc) is 2.61. The highest BCUT2D eigenvalue weighted by molar-refractivity contribution is 7.92. The van der Waals surface area contributed by atoms with Crippen LogP contribution >= 0.6 is 0 Å². The van der Waals surface area contributed by atoms with Gasteiger partial charge in [0.05, 0.1) is 11.5 Å². The number of sulfonamides is 1. The van der Waals surface area contributed by atoms with E-state index in [1.54, 1.807) is 43.3 Å². The lowest BCUT2D eigenvalue weighted by molar-refractivity contribution is 0.0732. The van der Waals surface area contributed by atoms with Crippen molar-refractivity contribution >= 4 is 21.6 Å². The third-order valence-electron chi connectivity index (χ3n) is 4.06. The van der Waals surface area contributed by atoms with Gasteiger partial charge in [0.15, 0.2) is 0 Å². The maximum absolute atomic E-state index is 12.6. The molecule has 0 radical (unpaired) electrons. The molecule has 2 N–H and O–H groups in total. The van der Waals surface area contributed by atoms with Crippen molar-refractivity contribution < 1.29 is 18.3 Å². The first-order chi connectivity index (χ1) is 12.3. The first-order valence-electron chi connectivity index (χ1n) is 8.38. The number of aliphatic hydroxyl groups excluding tert-OH is 1. The summed E-state index contributed by atoms with van der Waals surface area (Å²) in [6.07, 6.45) is 0. The van der Waals surface area contributed by atoms with Crippen molar-refractivity contribution in [2.75, 3.05) is 24.4 Å². The summed E-state index contributed by atoms with van der Waals surface area (Å²) >= 11 is 0. The second-order valence-corrected chi connectivity index (χ2v) is 7.71. The molecule has 2 aromatic rings. The SMILES string of the molecule is CCN(CCO)C(=O)c1ccc(NS(=O)(=O)c2cc(C)ccc2C)cc1. The number of amides is 1. The topological polar surface area (TPSA) is 86.7 Å². The van der Waals surface area contributed by atoms with E-state index in [9.17, 15) is 13.2 Å². The fourth-order valence-electron chi connectivity index (χ4n) is 2.59. The van der Waals surface area contributed by atoms with E-state index >= 15 is 0 Å². The minimum atomic E-state index is -3.71. The molecule has 0 aliphatic heterocycles. The zero-order valence-corrected chi connectivity index (χ0v) is 16.0. The minimum Gasteiger partial charge on any atom is -0.395 e. The number of aryl methyl sites for hydroxylation is 2. The summed E-state index contributed by atoms with van der Waals surface area (Å²) in [6, 6.07) is 11.5. The fraction of sp³-hybridized carbons (Fsp3) is 0.316. The standard InChI is InChI=1S/C19H24N2O4S/c1-4-21(11-12-22)19(23)16-7-9-17(10-8-16)20-26(24,25)18-13-14(2)5-6-15(18)3/h5-10,13,20,22H,4,11-12H2,1-3H3. The van der Waals surface area contributed by atoms with Crippen LogP contribution in [0.5, 0.6) is 0 Å². The predicted molar refractivity (Wildman–Crippen MR) is 102 cm³/mol. The number of aliphatic hydroxyl groups is 1. The first-order valence-corrected chi connectivity index (χ1v) is 9.87. The molecule has 2 rings (SSSR count). The third kappa shape index (κ3) is 4.62. The van der Waals surface area contributed by atoms with Gasteiger partial charge in [-0.2, -0.15) is 0 Å². The van der Waals surface area contributed by atoms with Gasteiger partial charge in [0, 0.05) is 24.3 Å². The van der Waals surface area contributed by atoms with Crippen LogP contribution in [0.4, 0.5) is 5.69 Å². The molecule has 26 heavy (non-hydrogen) atoms. The lowest BCUT2D eigenvalue weighted by Gasteiger charge is -2.19. The molecule has 0 spiro atoms. The number of benzene rings is 2. The number of carbonyl (C=O) groups excluding carboxylic acids is 1. The molecular weight excluding hydrogens is 352 g/mol. The van der Waals surface area contributed by atoms with E-state index in [0.29, 0.717) is 23.4 Å². The molecule has 0 aromatic heterocycles. The van der Waals surface area contributed by atoms with E-state index in [2.05, 4.69) is 4.72 Å². The van der Waals surface area contributed by atoms with Crippen LogP contribution < -0.4 is 4.72 Å². The van der Waals surface area contributed by atoms with Crippen molar-refractivity contribution in [1.29, 1.82) is 0 Å². The predicted octanol–water partition coefficient (Wildman–Crippen LogP) is 2.56. The Morgan fingerprint density at radius 1 is 1.12 bits per heavy atom. The molecule has 0 aliphatic carbocycles. The summed E-state index contributed by atoms with van der Waals surface area (Å²) in [5.74, 6) is -0.203. The van der Waals surface area contributed by atoms with Gasteiger partial charge in [-0.15, -0.1) is 0 Å². The van der Waals surface area contributed by atoms with E-state index in [-0.39, 0.29) is 24.0 Å². The van der Waals surface area contributed by atoms with Gasteiger partial charge in [0.2, 0.25) is 0 Å². The van der Waals surface area contributed by atoms with E-state index in [1.807, 2.05) is 19.9 Å². The first kappa shape index (κ1) is 19.9. The molecular formula is C19H24N2O4S. The summed E-state index contributed by atoms with van der Waals surface area (Å²) in [4.78, 5) is 14.1. The monoisotopic (exact) mass is 376 g/mol. The Kier molecular flexibility index (Phi) is 6.39. The average molecular weight is 376 g/mol. The summed E-state index contributed by atoms with van der Waals surface area (Å²) in [5.41, 5.74) is 2.35. The summed E-state index contributed by atoms with van der Waals surface area (Å²) in [7, 11) is -3.71. The number of likely N-dealkylation sites (N-methyl/N-ethyl adjacent to an activating group) is 1. The Morgan fingerprint density at radius 3 is 2.35 bits per heavy atom. The Hall–Kier alpha value is -2.38. The smallest absolute Gasteiger partial charge is 0.262 e. The number of hydrogen-bond donors (Lipinski definition) is 2. The Balaban J connectivity index is 2.21. The molecule has 6 nitrogen and oxygen atoms in total. The zero-order valence-electron chi connectivity index (χ0n) is 15.2. The van der Waals surface area contributed by atoms with Crippen molar-refractivity contribution in [2.45, 2.75) is 25.7 Å². The van der Waals surface area contributed by atoms with Gasteiger partial charge in [-0.05, 0) is 62.2 Å². The van der Waals surface area contributed by atoms with E-state index < -0.39 is 10.0 Å². The highest BCUT2D eigenvalue weighted by atomic mass is 32.2. The van der Waals surface area contributed by atoms with Gasteiger partial charge in [-0.1, -0.05) is 12.1 Å². The molecule has 0 aliphatic rings. The van der Waals surface area contributed by atoms with E-state index in [4.69, 9.17) is 5.11 Å². The van der Waals surface area contributed by atoms with E-state index in [0.717, 1.165) is 5.56 Å².